The SMILES string of the molecule is C/C=C(\NC(C)CCCC)c1ccc(-c2ccc(/C(C)=C/C)cc2)cc1.C=CC.CC.CC[C@@H](C)SC. The molecule has 2 aromatic carbocycles. The molecule has 2 heteroatoms. The van der Waals surface area contributed by atoms with E-state index in [1.165, 1.54) is 59.2 Å². The maximum Gasteiger partial charge on any atom is 0.0372 e. The van der Waals surface area contributed by atoms with Gasteiger partial charge < -0.3 is 5.32 Å². The van der Waals surface area contributed by atoms with Crippen molar-refractivity contribution < 1.29 is 0 Å². The molecular weight excluding hydrogens is 466 g/mol. The van der Waals surface area contributed by atoms with Gasteiger partial charge in [0.15, 0.2) is 0 Å². The lowest BCUT2D eigenvalue weighted by atomic mass is 9.99. The Morgan fingerprint density at radius 1 is 0.865 bits per heavy atom. The number of benzene rings is 2. The summed E-state index contributed by atoms with van der Waals surface area (Å²) < 4.78 is 0. The van der Waals surface area contributed by atoms with Gasteiger partial charge in [0.1, 0.15) is 0 Å². The zero-order valence-corrected chi connectivity index (χ0v) is 26.8. The normalized spacial score (nSPS) is 12.4. The van der Waals surface area contributed by atoms with Crippen LogP contribution >= 0.6 is 11.8 Å². The van der Waals surface area contributed by atoms with Crippen LogP contribution in [0.4, 0.5) is 0 Å². The van der Waals surface area contributed by atoms with Crippen molar-refractivity contribution in [1.29, 1.82) is 0 Å². The van der Waals surface area contributed by atoms with E-state index >= 15 is 0 Å². The highest BCUT2D eigenvalue weighted by atomic mass is 32.2. The van der Waals surface area contributed by atoms with E-state index in [-0.39, 0.29) is 0 Å². The van der Waals surface area contributed by atoms with Crippen LogP contribution in [0, 0.1) is 0 Å². The van der Waals surface area contributed by atoms with E-state index in [4.69, 9.17) is 0 Å². The second kappa shape index (κ2) is 24.2. The lowest BCUT2D eigenvalue weighted by Gasteiger charge is -2.18. The van der Waals surface area contributed by atoms with Gasteiger partial charge in [-0.1, -0.05) is 114 Å². The molecule has 1 unspecified atom stereocenters. The smallest absolute Gasteiger partial charge is 0.0372 e. The molecule has 0 spiro atoms. The van der Waals surface area contributed by atoms with Gasteiger partial charge in [-0.15, -0.1) is 6.58 Å². The summed E-state index contributed by atoms with van der Waals surface area (Å²) >= 11 is 1.92. The number of unbranched alkanes of at least 4 members (excludes halogenated alkanes) is 1. The number of rotatable bonds is 10. The van der Waals surface area contributed by atoms with Gasteiger partial charge in [0.05, 0.1) is 0 Å². The summed E-state index contributed by atoms with van der Waals surface area (Å²) in [5.41, 5.74) is 7.59. The highest BCUT2D eigenvalue weighted by Crippen LogP contribution is 2.24. The van der Waals surface area contributed by atoms with Gasteiger partial charge in [0.2, 0.25) is 0 Å². The quantitative estimate of drug-likeness (QED) is 0.311. The van der Waals surface area contributed by atoms with Crippen molar-refractivity contribution >= 4 is 23.0 Å². The second-order valence-electron chi connectivity index (χ2n) is 8.88. The van der Waals surface area contributed by atoms with E-state index in [0.717, 1.165) is 5.25 Å². The summed E-state index contributed by atoms with van der Waals surface area (Å²) in [6.07, 6.45) is 13.2. The fourth-order valence-corrected chi connectivity index (χ4v) is 3.62. The summed E-state index contributed by atoms with van der Waals surface area (Å²) in [6.45, 7) is 24.5. The van der Waals surface area contributed by atoms with Gasteiger partial charge in [0, 0.05) is 17.0 Å². The topological polar surface area (TPSA) is 12.0 Å². The summed E-state index contributed by atoms with van der Waals surface area (Å²) in [5.74, 6) is 0. The highest BCUT2D eigenvalue weighted by Gasteiger charge is 2.06. The molecule has 0 heterocycles. The first-order valence-corrected chi connectivity index (χ1v) is 15.5. The van der Waals surface area contributed by atoms with Crippen molar-refractivity contribution in [3.8, 4) is 11.1 Å². The Morgan fingerprint density at radius 2 is 1.32 bits per heavy atom. The maximum atomic E-state index is 3.66. The minimum absolute atomic E-state index is 0.503. The zero-order chi connectivity index (χ0) is 28.6. The van der Waals surface area contributed by atoms with E-state index in [0.29, 0.717) is 6.04 Å². The number of thioether (sulfide) groups is 1. The molecule has 1 nitrogen and oxygen atoms in total. The van der Waals surface area contributed by atoms with Crippen LogP contribution in [0.25, 0.3) is 22.4 Å². The van der Waals surface area contributed by atoms with Crippen LogP contribution in [0.3, 0.4) is 0 Å². The predicted molar refractivity (Wildman–Crippen MR) is 177 cm³/mol. The molecule has 0 amide bonds. The molecule has 0 saturated heterocycles. The summed E-state index contributed by atoms with van der Waals surface area (Å²) in [7, 11) is 0. The van der Waals surface area contributed by atoms with Crippen LogP contribution in [0.2, 0.25) is 0 Å². The first-order chi connectivity index (χ1) is 17.8. The van der Waals surface area contributed by atoms with Gasteiger partial charge in [-0.3, -0.25) is 0 Å². The second-order valence-corrected chi connectivity index (χ2v) is 10.2. The third kappa shape index (κ3) is 16.3. The van der Waals surface area contributed by atoms with Crippen molar-refractivity contribution in [2.45, 2.75) is 106 Å². The molecule has 208 valence electrons. The average molecular weight is 524 g/mol. The minimum Gasteiger partial charge on any atom is -0.382 e. The maximum absolute atomic E-state index is 3.66. The third-order valence-corrected chi connectivity index (χ3v) is 7.10. The molecule has 0 saturated carbocycles. The summed E-state index contributed by atoms with van der Waals surface area (Å²) in [5, 5.41) is 4.51. The van der Waals surface area contributed by atoms with Crippen molar-refractivity contribution in [3.63, 3.8) is 0 Å². The Bertz CT molecular complexity index is 855. The monoisotopic (exact) mass is 523 g/mol. The largest absolute Gasteiger partial charge is 0.382 e. The molecular formula is C35H57NS. The minimum atomic E-state index is 0.503. The average Bonchev–Trinajstić information content (AvgIpc) is 2.96. The van der Waals surface area contributed by atoms with Crippen LogP contribution in [0.1, 0.15) is 106 Å². The molecule has 0 radical (unpaired) electrons. The molecule has 37 heavy (non-hydrogen) atoms. The predicted octanol–water partition coefficient (Wildman–Crippen LogP) is 11.7. The zero-order valence-electron chi connectivity index (χ0n) is 25.9. The molecule has 2 aromatic rings. The summed E-state index contributed by atoms with van der Waals surface area (Å²) in [6, 6.07) is 18.2. The Kier molecular flexibility index (Phi) is 24.1. The van der Waals surface area contributed by atoms with E-state index in [1.54, 1.807) is 6.08 Å². The molecule has 2 atom stereocenters. The Hall–Kier alpha value is -2.19. The molecule has 0 aliphatic carbocycles. The molecule has 0 aromatic heterocycles. The van der Waals surface area contributed by atoms with E-state index < -0.39 is 0 Å². The third-order valence-electron chi connectivity index (χ3n) is 5.96. The van der Waals surface area contributed by atoms with Crippen LogP contribution in [-0.4, -0.2) is 17.5 Å². The Balaban J connectivity index is 0. The van der Waals surface area contributed by atoms with Crippen LogP contribution < -0.4 is 5.32 Å². The van der Waals surface area contributed by atoms with Crippen LogP contribution in [0.15, 0.2) is 73.3 Å². The number of allylic oxidation sites excluding steroid dienone is 4. The van der Waals surface area contributed by atoms with Gasteiger partial charge in [-0.2, -0.15) is 11.8 Å². The molecule has 0 aliphatic heterocycles. The fraction of sp³-hybridized carbons (Fsp3) is 0.486. The van der Waals surface area contributed by atoms with Gasteiger partial charge in [0.25, 0.3) is 0 Å². The van der Waals surface area contributed by atoms with Crippen molar-refractivity contribution in [2.75, 3.05) is 6.26 Å². The van der Waals surface area contributed by atoms with Crippen LogP contribution in [0.5, 0.6) is 0 Å². The molecule has 0 bridgehead atoms. The first-order valence-electron chi connectivity index (χ1n) is 14.2. The van der Waals surface area contributed by atoms with Crippen LogP contribution in [-0.2, 0) is 0 Å². The van der Waals surface area contributed by atoms with Gasteiger partial charge >= 0.3 is 0 Å². The lowest BCUT2D eigenvalue weighted by Crippen LogP contribution is -2.24. The Morgan fingerprint density at radius 3 is 1.65 bits per heavy atom. The van der Waals surface area contributed by atoms with Crippen molar-refractivity contribution in [1.82, 2.24) is 5.32 Å². The summed E-state index contributed by atoms with van der Waals surface area (Å²) in [4.78, 5) is 0. The number of nitrogens with one attached hydrogen (secondary N) is 1. The highest BCUT2D eigenvalue weighted by molar-refractivity contribution is 7.99. The van der Waals surface area contributed by atoms with E-state index in [2.05, 4.69) is 127 Å². The van der Waals surface area contributed by atoms with E-state index in [1.807, 2.05) is 32.5 Å². The standard InChI is InChI=1S/C25H33N.C5H12S.C3H6.C2H6/c1-6-9-10-20(5)26-25(8-3)24-17-15-23(16-18-24)22-13-11-21(12-14-22)19(4)7-2;1-4-5(2)6-3;1-3-2;1-2/h7-8,11-18,20,26H,6,9-10H2,1-5H3;5H,4H2,1-3H3;3H,1H2,2H3;1-2H3/b19-7+,25-8-;;;/t;5-;;/m.1../s1. The molecule has 2 rings (SSSR count). The number of hydrogen-bond acceptors (Lipinski definition) is 2. The molecule has 0 aliphatic rings. The number of hydrogen-bond donors (Lipinski definition) is 1. The van der Waals surface area contributed by atoms with Crippen molar-refractivity contribution in [2.24, 2.45) is 0 Å². The first kappa shape index (κ1) is 37.0. The molecule has 1 N–H and O–H groups in total. The molecule has 0 fully saturated rings. The van der Waals surface area contributed by atoms with Gasteiger partial charge in [-0.05, 0) is 81.5 Å². The van der Waals surface area contributed by atoms with E-state index in [9.17, 15) is 0 Å². The van der Waals surface area contributed by atoms with Gasteiger partial charge in [-0.25, -0.2) is 0 Å². The Labute approximate surface area is 236 Å². The van der Waals surface area contributed by atoms with Crippen molar-refractivity contribution in [3.05, 3.63) is 84.5 Å². The lowest BCUT2D eigenvalue weighted by molar-refractivity contribution is 0.562. The fourth-order valence-electron chi connectivity index (χ4n) is 3.28.